The van der Waals surface area contributed by atoms with E-state index in [-0.39, 0.29) is 10.7 Å². The molecule has 7 heteroatoms. The maximum Gasteiger partial charge on any atom is 0.271 e. The van der Waals surface area contributed by atoms with Gasteiger partial charge in [-0.25, -0.2) is 0 Å². The first-order valence-corrected chi connectivity index (χ1v) is 7.81. The summed E-state index contributed by atoms with van der Waals surface area (Å²) in [6.45, 7) is 1.03. The number of hydrogen-bond acceptors (Lipinski definition) is 5. The smallest absolute Gasteiger partial charge is 0.271 e. The number of hydrogen-bond donors (Lipinski definition) is 0. The van der Waals surface area contributed by atoms with Crippen molar-refractivity contribution in [2.75, 3.05) is 20.3 Å². The summed E-state index contributed by atoms with van der Waals surface area (Å²) >= 11 is 5.95. The zero-order valence-corrected chi connectivity index (χ0v) is 14.0. The van der Waals surface area contributed by atoms with Gasteiger partial charge >= 0.3 is 0 Å². The van der Waals surface area contributed by atoms with Gasteiger partial charge in [-0.15, -0.1) is 0 Å². The minimum absolute atomic E-state index is 0.0553. The Balaban J connectivity index is 1.66. The highest BCUT2D eigenvalue weighted by Crippen LogP contribution is 2.28. The first kappa shape index (κ1) is 17.9. The van der Waals surface area contributed by atoms with Gasteiger partial charge in [-0.2, -0.15) is 0 Å². The van der Waals surface area contributed by atoms with Crippen LogP contribution in [0.5, 0.6) is 17.2 Å². The number of halogens is 1. The molecular weight excluding hydrogens is 334 g/mol. The highest BCUT2D eigenvalue weighted by molar-refractivity contribution is 6.32. The molecule has 128 valence electrons. The van der Waals surface area contributed by atoms with Crippen LogP contribution >= 0.6 is 11.6 Å². The number of non-ortho nitro benzene ring substituents is 1. The lowest BCUT2D eigenvalue weighted by Gasteiger charge is -2.09. The van der Waals surface area contributed by atoms with Crippen LogP contribution in [0.3, 0.4) is 0 Å². The summed E-state index contributed by atoms with van der Waals surface area (Å²) in [5.74, 6) is 2.02. The van der Waals surface area contributed by atoms with Crippen LogP contribution in [-0.2, 0) is 0 Å². The van der Waals surface area contributed by atoms with Crippen LogP contribution in [0.4, 0.5) is 5.69 Å². The van der Waals surface area contributed by atoms with Crippen molar-refractivity contribution >= 4 is 17.3 Å². The fraction of sp³-hybridized carbons (Fsp3) is 0.294. The number of ether oxygens (including phenoxy) is 3. The van der Waals surface area contributed by atoms with Crippen LogP contribution in [0.2, 0.25) is 5.02 Å². The molecule has 24 heavy (non-hydrogen) atoms. The van der Waals surface area contributed by atoms with Crippen molar-refractivity contribution in [1.29, 1.82) is 0 Å². The van der Waals surface area contributed by atoms with Crippen molar-refractivity contribution in [2.45, 2.75) is 12.8 Å². The SMILES string of the molecule is COc1ccc(OCCCCOc2ccc([N+](=O)[O-])cc2Cl)cc1. The van der Waals surface area contributed by atoms with E-state index in [4.69, 9.17) is 25.8 Å². The van der Waals surface area contributed by atoms with Gasteiger partial charge in [0.25, 0.3) is 5.69 Å². The molecule has 0 spiro atoms. The van der Waals surface area contributed by atoms with Crippen molar-refractivity contribution in [3.63, 3.8) is 0 Å². The van der Waals surface area contributed by atoms with Gasteiger partial charge in [0.15, 0.2) is 0 Å². The molecule has 0 bridgehead atoms. The topological polar surface area (TPSA) is 70.8 Å². The average molecular weight is 352 g/mol. The Labute approximate surface area is 145 Å². The summed E-state index contributed by atoms with van der Waals surface area (Å²) in [5.41, 5.74) is -0.0553. The number of rotatable bonds is 9. The highest BCUT2D eigenvalue weighted by atomic mass is 35.5. The van der Waals surface area contributed by atoms with Gasteiger partial charge in [0.1, 0.15) is 17.2 Å². The molecule has 0 atom stereocenters. The first-order valence-electron chi connectivity index (χ1n) is 7.44. The van der Waals surface area contributed by atoms with Gasteiger partial charge in [0, 0.05) is 12.1 Å². The fourth-order valence-electron chi connectivity index (χ4n) is 1.97. The Morgan fingerprint density at radius 1 is 1.00 bits per heavy atom. The minimum Gasteiger partial charge on any atom is -0.497 e. The zero-order valence-electron chi connectivity index (χ0n) is 13.2. The lowest BCUT2D eigenvalue weighted by atomic mass is 10.3. The van der Waals surface area contributed by atoms with E-state index in [9.17, 15) is 10.1 Å². The summed E-state index contributed by atoms with van der Waals surface area (Å²) in [6, 6.07) is 11.5. The number of nitro groups is 1. The van der Waals surface area contributed by atoms with E-state index in [1.807, 2.05) is 24.3 Å². The van der Waals surface area contributed by atoms with Crippen LogP contribution < -0.4 is 14.2 Å². The standard InChI is InChI=1S/C17H18ClNO5/c1-22-14-5-7-15(8-6-14)23-10-2-3-11-24-17-9-4-13(19(20)21)12-16(17)18/h4-9,12H,2-3,10-11H2,1H3. The monoisotopic (exact) mass is 351 g/mol. The van der Waals surface area contributed by atoms with Crippen LogP contribution in [0, 0.1) is 10.1 Å². The van der Waals surface area contributed by atoms with Crippen LogP contribution in [0.1, 0.15) is 12.8 Å². The molecule has 0 amide bonds. The van der Waals surface area contributed by atoms with E-state index >= 15 is 0 Å². The second kappa shape index (κ2) is 8.98. The molecule has 0 saturated heterocycles. The van der Waals surface area contributed by atoms with Gasteiger partial charge in [-0.1, -0.05) is 11.6 Å². The van der Waals surface area contributed by atoms with E-state index in [1.165, 1.54) is 18.2 Å². The quantitative estimate of drug-likeness (QED) is 0.378. The van der Waals surface area contributed by atoms with E-state index in [0.29, 0.717) is 19.0 Å². The minimum atomic E-state index is -0.494. The summed E-state index contributed by atoms with van der Waals surface area (Å²) in [5, 5.41) is 10.9. The van der Waals surface area contributed by atoms with Crippen LogP contribution in [-0.4, -0.2) is 25.2 Å². The molecule has 0 aliphatic carbocycles. The molecule has 0 aromatic heterocycles. The number of nitro benzene ring substituents is 1. The van der Waals surface area contributed by atoms with E-state index in [2.05, 4.69) is 0 Å². The summed E-state index contributed by atoms with van der Waals surface area (Å²) in [7, 11) is 1.62. The fourth-order valence-corrected chi connectivity index (χ4v) is 2.20. The number of benzene rings is 2. The Morgan fingerprint density at radius 3 is 2.21 bits per heavy atom. The van der Waals surface area contributed by atoms with E-state index in [0.717, 1.165) is 24.3 Å². The van der Waals surface area contributed by atoms with Gasteiger partial charge in [0.05, 0.1) is 30.3 Å². The van der Waals surface area contributed by atoms with Gasteiger partial charge < -0.3 is 14.2 Å². The normalized spacial score (nSPS) is 10.2. The molecule has 0 heterocycles. The molecule has 2 rings (SSSR count). The molecule has 0 fully saturated rings. The summed E-state index contributed by atoms with van der Waals surface area (Å²) in [6.07, 6.45) is 1.60. The molecule has 0 saturated carbocycles. The molecule has 0 radical (unpaired) electrons. The van der Waals surface area contributed by atoms with Crippen LogP contribution in [0.15, 0.2) is 42.5 Å². The Kier molecular flexibility index (Phi) is 6.69. The molecule has 0 aliphatic heterocycles. The van der Waals surface area contributed by atoms with Crippen LogP contribution in [0.25, 0.3) is 0 Å². The van der Waals surface area contributed by atoms with Gasteiger partial charge in [0.2, 0.25) is 0 Å². The predicted octanol–water partition coefficient (Wildman–Crippen LogP) is 4.49. The maximum absolute atomic E-state index is 10.6. The molecule has 0 aliphatic rings. The lowest BCUT2D eigenvalue weighted by Crippen LogP contribution is -2.03. The number of unbranched alkanes of at least 4 members (excludes halogenated alkanes) is 1. The second-order valence-electron chi connectivity index (χ2n) is 4.95. The van der Waals surface area contributed by atoms with Gasteiger partial charge in [-0.05, 0) is 43.2 Å². The van der Waals surface area contributed by atoms with E-state index in [1.54, 1.807) is 7.11 Å². The average Bonchev–Trinajstić information content (AvgIpc) is 2.59. The van der Waals surface area contributed by atoms with Crippen molar-refractivity contribution in [3.8, 4) is 17.2 Å². The van der Waals surface area contributed by atoms with Crippen molar-refractivity contribution < 1.29 is 19.1 Å². The van der Waals surface area contributed by atoms with Gasteiger partial charge in [-0.3, -0.25) is 10.1 Å². The molecule has 6 nitrogen and oxygen atoms in total. The third-order valence-electron chi connectivity index (χ3n) is 3.25. The van der Waals surface area contributed by atoms with Crippen molar-refractivity contribution in [3.05, 3.63) is 57.6 Å². The van der Waals surface area contributed by atoms with E-state index < -0.39 is 4.92 Å². The molecular formula is C17H18ClNO5. The largest absolute Gasteiger partial charge is 0.497 e. The Morgan fingerprint density at radius 2 is 1.62 bits per heavy atom. The zero-order chi connectivity index (χ0) is 17.4. The van der Waals surface area contributed by atoms with Crippen molar-refractivity contribution in [2.24, 2.45) is 0 Å². The third-order valence-corrected chi connectivity index (χ3v) is 3.55. The predicted molar refractivity (Wildman–Crippen MR) is 91.3 cm³/mol. The molecule has 0 N–H and O–H groups in total. The second-order valence-corrected chi connectivity index (χ2v) is 5.36. The Bertz CT molecular complexity index is 675. The first-order chi connectivity index (χ1) is 11.6. The highest BCUT2D eigenvalue weighted by Gasteiger charge is 2.10. The molecule has 2 aromatic carbocycles. The Hall–Kier alpha value is -2.47. The third kappa shape index (κ3) is 5.31. The number of nitrogens with zero attached hydrogens (tertiary/aromatic N) is 1. The van der Waals surface area contributed by atoms with Crippen molar-refractivity contribution in [1.82, 2.24) is 0 Å². The summed E-state index contributed by atoms with van der Waals surface area (Å²) in [4.78, 5) is 10.1. The molecule has 0 unspecified atom stereocenters. The molecule has 2 aromatic rings. The lowest BCUT2D eigenvalue weighted by molar-refractivity contribution is -0.384. The number of methoxy groups -OCH3 is 1. The maximum atomic E-state index is 10.6. The summed E-state index contributed by atoms with van der Waals surface area (Å²) < 4.78 is 16.2.